The van der Waals surface area contributed by atoms with Gasteiger partial charge in [0.05, 0.1) is 18.3 Å². The van der Waals surface area contributed by atoms with Gasteiger partial charge in [0.15, 0.2) is 5.82 Å². The van der Waals surface area contributed by atoms with Crippen LogP contribution in [0, 0.1) is 6.92 Å². The van der Waals surface area contributed by atoms with Gasteiger partial charge in [0.1, 0.15) is 5.69 Å². The van der Waals surface area contributed by atoms with Crippen molar-refractivity contribution < 1.29 is 17.9 Å². The summed E-state index contributed by atoms with van der Waals surface area (Å²) in [6.07, 6.45) is 4.17. The summed E-state index contributed by atoms with van der Waals surface area (Å²) < 4.78 is 30.1. The van der Waals surface area contributed by atoms with Crippen molar-refractivity contribution in [2.75, 3.05) is 20.0 Å². The Morgan fingerprint density at radius 1 is 1.42 bits per heavy atom. The summed E-state index contributed by atoms with van der Waals surface area (Å²) in [5.41, 5.74) is 1.50. The number of nitrogens with zero attached hydrogens (tertiary/aromatic N) is 4. The topological polar surface area (TPSA) is 116 Å². The van der Waals surface area contributed by atoms with E-state index >= 15 is 0 Å². The SMILES string of the molecule is COCC1Cn2cc(-c3nc(S(C)(=O)=O)ncc3C)nc2C(=O)N1. The molecule has 0 spiro atoms. The Balaban J connectivity index is 2.04. The van der Waals surface area contributed by atoms with E-state index in [9.17, 15) is 13.2 Å². The summed E-state index contributed by atoms with van der Waals surface area (Å²) in [6.45, 7) is 2.67. The fraction of sp³-hybridized carbons (Fsp3) is 0.429. The molecule has 128 valence electrons. The zero-order chi connectivity index (χ0) is 17.5. The van der Waals surface area contributed by atoms with Crippen LogP contribution in [0.5, 0.6) is 0 Å². The summed E-state index contributed by atoms with van der Waals surface area (Å²) >= 11 is 0. The third kappa shape index (κ3) is 3.02. The second kappa shape index (κ2) is 5.95. The molecule has 2 aromatic heterocycles. The van der Waals surface area contributed by atoms with E-state index < -0.39 is 9.84 Å². The Labute approximate surface area is 139 Å². The molecule has 1 N–H and O–H groups in total. The van der Waals surface area contributed by atoms with E-state index in [-0.39, 0.29) is 22.9 Å². The van der Waals surface area contributed by atoms with Gasteiger partial charge in [-0.1, -0.05) is 0 Å². The molecular weight excluding hydrogens is 334 g/mol. The largest absolute Gasteiger partial charge is 0.382 e. The minimum Gasteiger partial charge on any atom is -0.382 e. The number of methoxy groups -OCH3 is 1. The number of aryl methyl sites for hydroxylation is 1. The normalized spacial score (nSPS) is 17.5. The lowest BCUT2D eigenvalue weighted by Crippen LogP contribution is -2.46. The second-order valence-electron chi connectivity index (χ2n) is 5.68. The summed E-state index contributed by atoms with van der Waals surface area (Å²) in [5.74, 6) is -0.0409. The van der Waals surface area contributed by atoms with Crippen LogP contribution < -0.4 is 5.32 Å². The van der Waals surface area contributed by atoms with E-state index in [0.717, 1.165) is 6.26 Å². The number of imidazole rings is 1. The Bertz CT molecular complexity index is 906. The molecule has 3 heterocycles. The highest BCUT2D eigenvalue weighted by atomic mass is 32.2. The molecule has 0 saturated heterocycles. The van der Waals surface area contributed by atoms with Crippen LogP contribution in [0.4, 0.5) is 0 Å². The summed E-state index contributed by atoms with van der Waals surface area (Å²) in [6, 6.07) is -0.143. The average molecular weight is 351 g/mol. The van der Waals surface area contributed by atoms with Crippen molar-refractivity contribution in [3.63, 3.8) is 0 Å². The summed E-state index contributed by atoms with van der Waals surface area (Å²) in [4.78, 5) is 24.4. The number of aromatic nitrogens is 4. The smallest absolute Gasteiger partial charge is 0.287 e. The molecule has 3 rings (SSSR count). The van der Waals surface area contributed by atoms with Gasteiger partial charge in [-0.2, -0.15) is 0 Å². The van der Waals surface area contributed by atoms with Crippen molar-refractivity contribution in [3.8, 4) is 11.4 Å². The number of fused-ring (bicyclic) bond motifs is 1. The van der Waals surface area contributed by atoms with E-state index in [1.165, 1.54) is 6.20 Å². The molecule has 0 saturated carbocycles. The average Bonchev–Trinajstić information content (AvgIpc) is 2.91. The number of carbonyl (C=O) groups excluding carboxylic acids is 1. The van der Waals surface area contributed by atoms with Crippen LogP contribution >= 0.6 is 0 Å². The van der Waals surface area contributed by atoms with Gasteiger partial charge >= 0.3 is 0 Å². The highest BCUT2D eigenvalue weighted by Gasteiger charge is 2.27. The first kappa shape index (κ1) is 16.5. The van der Waals surface area contributed by atoms with E-state index in [4.69, 9.17) is 4.74 Å². The lowest BCUT2D eigenvalue weighted by atomic mass is 10.2. The van der Waals surface area contributed by atoms with Gasteiger partial charge in [-0.15, -0.1) is 0 Å². The van der Waals surface area contributed by atoms with E-state index in [1.807, 2.05) is 0 Å². The van der Waals surface area contributed by atoms with Crippen LogP contribution in [0.1, 0.15) is 16.2 Å². The van der Waals surface area contributed by atoms with Crippen molar-refractivity contribution in [1.29, 1.82) is 0 Å². The Morgan fingerprint density at radius 3 is 2.83 bits per heavy atom. The fourth-order valence-corrected chi connectivity index (χ4v) is 3.04. The van der Waals surface area contributed by atoms with Crippen molar-refractivity contribution in [3.05, 3.63) is 23.8 Å². The van der Waals surface area contributed by atoms with Crippen LogP contribution in [0.3, 0.4) is 0 Å². The monoisotopic (exact) mass is 351 g/mol. The molecule has 2 aromatic rings. The molecule has 1 unspecified atom stereocenters. The van der Waals surface area contributed by atoms with Crippen molar-refractivity contribution in [2.45, 2.75) is 24.7 Å². The molecule has 24 heavy (non-hydrogen) atoms. The van der Waals surface area contributed by atoms with Crippen molar-refractivity contribution in [1.82, 2.24) is 24.8 Å². The van der Waals surface area contributed by atoms with Crippen LogP contribution in [0.15, 0.2) is 17.6 Å². The molecule has 0 fully saturated rings. The molecular formula is C14H17N5O4S. The van der Waals surface area contributed by atoms with Gasteiger partial charge < -0.3 is 14.6 Å². The van der Waals surface area contributed by atoms with Gasteiger partial charge in [-0.25, -0.2) is 23.4 Å². The fourth-order valence-electron chi connectivity index (χ4n) is 2.54. The highest BCUT2D eigenvalue weighted by Crippen LogP contribution is 2.23. The van der Waals surface area contributed by atoms with E-state index in [0.29, 0.717) is 30.1 Å². The molecule has 9 nitrogen and oxygen atoms in total. The molecule has 0 bridgehead atoms. The lowest BCUT2D eigenvalue weighted by Gasteiger charge is -2.23. The first-order valence-corrected chi connectivity index (χ1v) is 9.09. The number of sulfone groups is 1. The molecule has 0 aromatic carbocycles. The molecule has 10 heteroatoms. The Kier molecular flexibility index (Phi) is 4.10. The van der Waals surface area contributed by atoms with Gasteiger partial charge in [-0.05, 0) is 12.5 Å². The molecule has 1 atom stereocenters. The molecule has 0 aliphatic carbocycles. The van der Waals surface area contributed by atoms with Crippen molar-refractivity contribution >= 4 is 15.7 Å². The zero-order valence-corrected chi connectivity index (χ0v) is 14.3. The van der Waals surface area contributed by atoms with Crippen LogP contribution in [0.25, 0.3) is 11.4 Å². The summed E-state index contributed by atoms with van der Waals surface area (Å²) in [7, 11) is -1.96. The van der Waals surface area contributed by atoms with Gasteiger partial charge in [-0.3, -0.25) is 4.79 Å². The maximum absolute atomic E-state index is 12.1. The zero-order valence-electron chi connectivity index (χ0n) is 13.5. The molecule has 1 amide bonds. The number of nitrogens with one attached hydrogen (secondary N) is 1. The minimum absolute atomic E-state index is 0.143. The molecule has 1 aliphatic heterocycles. The maximum atomic E-state index is 12.1. The van der Waals surface area contributed by atoms with Crippen LogP contribution in [-0.4, -0.2) is 59.9 Å². The Hall–Kier alpha value is -2.33. The highest BCUT2D eigenvalue weighted by molar-refractivity contribution is 7.90. The number of carbonyl (C=O) groups is 1. The van der Waals surface area contributed by atoms with Crippen molar-refractivity contribution in [2.24, 2.45) is 0 Å². The quantitative estimate of drug-likeness (QED) is 0.759. The minimum atomic E-state index is -3.53. The number of hydrogen-bond donors (Lipinski definition) is 1. The predicted octanol–water partition coefficient (Wildman–Crippen LogP) is -0.190. The standard InChI is InChI=1S/C14H17N5O4S/c1-8-4-15-14(24(3,21)22)18-11(8)10-6-19-5-9(7-23-2)16-13(20)12(19)17-10/h4,6,9H,5,7H2,1-3H3,(H,16,20). The predicted molar refractivity (Wildman–Crippen MR) is 84.2 cm³/mol. The second-order valence-corrected chi connectivity index (χ2v) is 7.59. The number of amides is 1. The van der Waals surface area contributed by atoms with E-state index in [2.05, 4.69) is 20.3 Å². The van der Waals surface area contributed by atoms with Crippen LogP contribution in [0.2, 0.25) is 0 Å². The first-order chi connectivity index (χ1) is 11.3. The number of rotatable bonds is 4. The van der Waals surface area contributed by atoms with Gasteiger partial charge in [0, 0.05) is 32.3 Å². The third-order valence-electron chi connectivity index (χ3n) is 3.62. The third-order valence-corrected chi connectivity index (χ3v) is 4.48. The van der Waals surface area contributed by atoms with Gasteiger partial charge in [0.2, 0.25) is 15.0 Å². The van der Waals surface area contributed by atoms with Crippen LogP contribution in [-0.2, 0) is 21.1 Å². The summed E-state index contributed by atoms with van der Waals surface area (Å²) in [5, 5.41) is 2.54. The van der Waals surface area contributed by atoms with E-state index in [1.54, 1.807) is 24.8 Å². The first-order valence-electron chi connectivity index (χ1n) is 7.20. The lowest BCUT2D eigenvalue weighted by molar-refractivity contribution is 0.0833. The maximum Gasteiger partial charge on any atom is 0.287 e. The number of ether oxygens (including phenoxy) is 1. The Morgan fingerprint density at radius 2 is 2.17 bits per heavy atom. The molecule has 0 radical (unpaired) electrons. The van der Waals surface area contributed by atoms with Gasteiger partial charge in [0.25, 0.3) is 5.91 Å². The molecule has 1 aliphatic rings. The number of hydrogen-bond acceptors (Lipinski definition) is 7.